The highest BCUT2D eigenvalue weighted by Crippen LogP contribution is 2.27. The van der Waals surface area contributed by atoms with E-state index in [-0.39, 0.29) is 0 Å². The molecule has 2 aliphatic heterocycles. The molecule has 2 heterocycles. The van der Waals surface area contributed by atoms with Crippen LogP contribution in [0.4, 0.5) is 0 Å². The molecule has 0 aromatic heterocycles. The van der Waals surface area contributed by atoms with Gasteiger partial charge in [0.05, 0.1) is 46.4 Å². The van der Waals surface area contributed by atoms with Gasteiger partial charge in [-0.05, 0) is 43.9 Å². The van der Waals surface area contributed by atoms with E-state index in [9.17, 15) is 0 Å². The van der Waals surface area contributed by atoms with Gasteiger partial charge in [0.15, 0.2) is 11.5 Å². The van der Waals surface area contributed by atoms with Crippen LogP contribution in [0.3, 0.4) is 0 Å². The molecule has 2 aliphatic rings. The van der Waals surface area contributed by atoms with E-state index in [1.165, 1.54) is 70.3 Å². The Labute approximate surface area is 146 Å². The quantitative estimate of drug-likeness (QED) is 0.830. The van der Waals surface area contributed by atoms with Crippen LogP contribution in [0.2, 0.25) is 0 Å². The lowest BCUT2D eigenvalue weighted by molar-refractivity contribution is -0.963. The van der Waals surface area contributed by atoms with Crippen LogP contribution in [0, 0.1) is 0 Å². The van der Waals surface area contributed by atoms with Gasteiger partial charge in [-0.25, -0.2) is 0 Å². The summed E-state index contributed by atoms with van der Waals surface area (Å²) in [6, 6.07) is 7.26. The Morgan fingerprint density at radius 2 is 1.54 bits per heavy atom. The molecular weight excluding hydrogens is 300 g/mol. The smallest absolute Gasteiger partial charge is 0.161 e. The van der Waals surface area contributed by atoms with E-state index < -0.39 is 0 Å². The third-order valence-corrected chi connectivity index (χ3v) is 5.92. The van der Waals surface area contributed by atoms with Crippen molar-refractivity contribution in [1.82, 2.24) is 0 Å². The minimum absolute atomic E-state index is 0.819. The van der Waals surface area contributed by atoms with Crippen LogP contribution in [0.25, 0.3) is 0 Å². The minimum atomic E-state index is 0.819. The number of hydrogen-bond acceptors (Lipinski definition) is 2. The summed E-state index contributed by atoms with van der Waals surface area (Å²) in [7, 11) is 3.41. The first-order chi connectivity index (χ1) is 11.8. The summed E-state index contributed by atoms with van der Waals surface area (Å²) in [5.74, 6) is 1.66. The van der Waals surface area contributed by atoms with Crippen molar-refractivity contribution >= 4 is 0 Å². The van der Waals surface area contributed by atoms with Crippen LogP contribution in [0.1, 0.15) is 44.1 Å². The molecule has 0 bridgehead atoms. The van der Waals surface area contributed by atoms with E-state index in [0.29, 0.717) is 0 Å². The van der Waals surface area contributed by atoms with Crippen molar-refractivity contribution in [2.75, 3.05) is 40.4 Å². The Hall–Kier alpha value is -1.26. The number of rotatable bonds is 5. The van der Waals surface area contributed by atoms with Crippen molar-refractivity contribution in [1.29, 1.82) is 0 Å². The Bertz CT molecular complexity index is 504. The van der Waals surface area contributed by atoms with Crippen molar-refractivity contribution in [2.24, 2.45) is 0 Å². The molecule has 0 atom stereocenters. The largest absolute Gasteiger partial charge is 0.493 e. The zero-order valence-corrected chi connectivity index (χ0v) is 15.4. The second-order valence-electron chi connectivity index (χ2n) is 7.46. The Morgan fingerprint density at radius 1 is 0.875 bits per heavy atom. The monoisotopic (exact) mass is 334 g/mol. The Balaban J connectivity index is 1.51. The van der Waals surface area contributed by atoms with Crippen LogP contribution in [-0.4, -0.2) is 46.4 Å². The van der Waals surface area contributed by atoms with E-state index >= 15 is 0 Å². The fraction of sp³-hybridized carbons (Fsp3) is 0.700. The third-order valence-electron chi connectivity index (χ3n) is 5.92. The number of methoxy groups -OCH3 is 2. The van der Waals surface area contributed by atoms with Crippen molar-refractivity contribution in [3.05, 3.63) is 23.8 Å². The average molecular weight is 335 g/mol. The average Bonchev–Trinajstić information content (AvgIpc) is 2.91. The van der Waals surface area contributed by atoms with Gasteiger partial charge in [0.2, 0.25) is 0 Å². The van der Waals surface area contributed by atoms with Gasteiger partial charge >= 0.3 is 0 Å². The van der Waals surface area contributed by atoms with Gasteiger partial charge in [0, 0.05) is 18.4 Å². The summed E-state index contributed by atoms with van der Waals surface area (Å²) >= 11 is 0. The number of likely N-dealkylation sites (tertiary alicyclic amines) is 2. The van der Waals surface area contributed by atoms with Gasteiger partial charge in [-0.3, -0.25) is 0 Å². The lowest BCUT2D eigenvalue weighted by atomic mass is 10.0. The van der Waals surface area contributed by atoms with E-state index in [1.54, 1.807) is 19.1 Å². The summed E-state index contributed by atoms with van der Waals surface area (Å²) in [6.45, 7) is 6.54. The summed E-state index contributed by atoms with van der Waals surface area (Å²) in [4.78, 5) is 3.62. The summed E-state index contributed by atoms with van der Waals surface area (Å²) in [6.07, 6.45) is 8.55. The highest BCUT2D eigenvalue weighted by Gasteiger charge is 2.30. The fourth-order valence-electron chi connectivity index (χ4n) is 4.48. The van der Waals surface area contributed by atoms with Gasteiger partial charge in [0.1, 0.15) is 6.54 Å². The maximum Gasteiger partial charge on any atom is 0.161 e. The molecule has 0 amide bonds. The van der Waals surface area contributed by atoms with E-state index in [1.807, 2.05) is 11.0 Å². The molecule has 0 spiro atoms. The van der Waals surface area contributed by atoms with Crippen molar-refractivity contribution < 1.29 is 19.3 Å². The molecule has 24 heavy (non-hydrogen) atoms. The molecule has 0 radical (unpaired) electrons. The minimum Gasteiger partial charge on any atom is -0.493 e. The van der Waals surface area contributed by atoms with Gasteiger partial charge in [-0.1, -0.05) is 0 Å². The first-order valence-electron chi connectivity index (χ1n) is 9.69. The molecule has 2 fully saturated rings. The third kappa shape index (κ3) is 4.42. The Kier molecular flexibility index (Phi) is 6.38. The molecule has 1 aromatic carbocycles. The predicted octanol–water partition coefficient (Wildman–Crippen LogP) is 0.710. The molecule has 1 aromatic rings. The van der Waals surface area contributed by atoms with Crippen LogP contribution in [0.15, 0.2) is 18.2 Å². The van der Waals surface area contributed by atoms with Crippen molar-refractivity contribution in [3.8, 4) is 11.5 Å². The zero-order valence-electron chi connectivity index (χ0n) is 15.4. The van der Waals surface area contributed by atoms with Gasteiger partial charge in [-0.15, -0.1) is 0 Å². The number of ether oxygens (including phenoxy) is 2. The van der Waals surface area contributed by atoms with Gasteiger partial charge in [0.25, 0.3) is 0 Å². The number of benzene rings is 1. The first kappa shape index (κ1) is 17.6. The molecule has 0 aliphatic carbocycles. The van der Waals surface area contributed by atoms with Crippen LogP contribution in [0.5, 0.6) is 11.5 Å². The SMILES string of the molecule is COc1ccc(C[NH+]2CCC([NH+]3CCCCCC3)CC2)cc1OC. The molecule has 2 N–H and O–H groups in total. The van der Waals surface area contributed by atoms with Crippen LogP contribution in [-0.2, 0) is 6.54 Å². The molecule has 3 rings (SSSR count). The molecule has 134 valence electrons. The number of quaternary nitrogens is 2. The molecular formula is C20H34N2O2+2. The van der Waals surface area contributed by atoms with Crippen molar-refractivity contribution in [2.45, 2.75) is 51.1 Å². The summed E-state index contributed by atoms with van der Waals surface area (Å²) < 4.78 is 10.8. The standard InChI is InChI=1S/C20H32N2O2/c1-23-19-8-7-17(15-20(19)24-2)16-21-13-9-18(10-14-21)22-11-5-3-4-6-12-22/h7-8,15,18H,3-6,9-14,16H2,1-2H3/p+2. The van der Waals surface area contributed by atoms with E-state index in [0.717, 1.165) is 24.1 Å². The van der Waals surface area contributed by atoms with E-state index in [2.05, 4.69) is 12.1 Å². The topological polar surface area (TPSA) is 27.3 Å². The molecule has 0 unspecified atom stereocenters. The van der Waals surface area contributed by atoms with Gasteiger partial charge < -0.3 is 19.3 Å². The second-order valence-corrected chi connectivity index (χ2v) is 7.46. The summed E-state index contributed by atoms with van der Waals surface area (Å²) in [5.41, 5.74) is 1.35. The summed E-state index contributed by atoms with van der Waals surface area (Å²) in [5, 5.41) is 0. The number of nitrogens with one attached hydrogen (secondary N) is 2. The first-order valence-corrected chi connectivity index (χ1v) is 9.69. The molecule has 4 nitrogen and oxygen atoms in total. The maximum atomic E-state index is 5.44. The second kappa shape index (κ2) is 8.72. The highest BCUT2D eigenvalue weighted by atomic mass is 16.5. The molecule has 0 saturated carbocycles. The maximum absolute atomic E-state index is 5.44. The lowest BCUT2D eigenvalue weighted by Crippen LogP contribution is -3.20. The fourth-order valence-corrected chi connectivity index (χ4v) is 4.48. The molecule has 4 heteroatoms. The molecule has 2 saturated heterocycles. The number of piperidine rings is 1. The highest BCUT2D eigenvalue weighted by molar-refractivity contribution is 5.42. The van der Waals surface area contributed by atoms with Crippen molar-refractivity contribution in [3.63, 3.8) is 0 Å². The number of hydrogen-bond donors (Lipinski definition) is 2. The predicted molar refractivity (Wildman–Crippen MR) is 96.1 cm³/mol. The zero-order chi connectivity index (χ0) is 16.8. The Morgan fingerprint density at radius 3 is 2.17 bits per heavy atom. The lowest BCUT2D eigenvalue weighted by Gasteiger charge is -2.34. The normalized spacial score (nSPS) is 25.9. The van der Waals surface area contributed by atoms with Gasteiger partial charge in [-0.2, -0.15) is 0 Å². The van der Waals surface area contributed by atoms with Crippen LogP contribution < -0.4 is 19.3 Å². The van der Waals surface area contributed by atoms with E-state index in [4.69, 9.17) is 9.47 Å². The van der Waals surface area contributed by atoms with Crippen LogP contribution >= 0.6 is 0 Å².